The summed E-state index contributed by atoms with van der Waals surface area (Å²) in [5.74, 6) is 0. The zero-order chi connectivity index (χ0) is 13.8. The molecule has 2 rings (SSSR count). The lowest BCUT2D eigenvalue weighted by atomic mass is 10.1. The molecule has 0 aliphatic heterocycles. The number of benzene rings is 1. The van der Waals surface area contributed by atoms with Crippen LogP contribution in [0.15, 0.2) is 34.9 Å². The molecule has 0 spiro atoms. The van der Waals surface area contributed by atoms with Crippen molar-refractivity contribution in [3.05, 3.63) is 40.5 Å². The van der Waals surface area contributed by atoms with E-state index in [-0.39, 0.29) is 5.25 Å². The first-order valence-electron chi connectivity index (χ1n) is 6.14. The van der Waals surface area contributed by atoms with E-state index in [2.05, 4.69) is 38.4 Å². The monoisotopic (exact) mass is 340 g/mol. The van der Waals surface area contributed by atoms with E-state index in [9.17, 15) is 4.21 Å². The number of halogens is 1. The van der Waals surface area contributed by atoms with Crippen LogP contribution in [0.2, 0.25) is 0 Å². The SMILES string of the molecule is C[C@H](CNCc1ccc(Br)c2cccnc12)[S@](C)=O. The van der Waals surface area contributed by atoms with Gasteiger partial charge in [-0.3, -0.25) is 9.19 Å². The van der Waals surface area contributed by atoms with Crippen LogP contribution in [0.4, 0.5) is 0 Å². The summed E-state index contributed by atoms with van der Waals surface area (Å²) < 4.78 is 12.4. The van der Waals surface area contributed by atoms with Gasteiger partial charge in [0.05, 0.1) is 5.52 Å². The number of hydrogen-bond acceptors (Lipinski definition) is 3. The molecule has 0 bridgehead atoms. The Kier molecular flexibility index (Phi) is 5.07. The number of hydrogen-bond donors (Lipinski definition) is 1. The van der Waals surface area contributed by atoms with Gasteiger partial charge in [0.1, 0.15) is 0 Å². The van der Waals surface area contributed by atoms with Gasteiger partial charge in [-0.2, -0.15) is 0 Å². The van der Waals surface area contributed by atoms with Crippen molar-refractivity contribution in [2.75, 3.05) is 12.8 Å². The molecule has 1 aromatic heterocycles. The molecule has 0 aliphatic rings. The molecule has 102 valence electrons. The predicted molar refractivity (Wildman–Crippen MR) is 84.7 cm³/mol. The molecule has 0 aliphatic carbocycles. The van der Waals surface area contributed by atoms with Gasteiger partial charge in [0.2, 0.25) is 0 Å². The Balaban J connectivity index is 2.13. The van der Waals surface area contributed by atoms with E-state index < -0.39 is 10.8 Å². The van der Waals surface area contributed by atoms with Crippen LogP contribution in [0.5, 0.6) is 0 Å². The number of rotatable bonds is 5. The first-order valence-corrected chi connectivity index (χ1v) is 8.56. The van der Waals surface area contributed by atoms with Crippen LogP contribution >= 0.6 is 15.9 Å². The van der Waals surface area contributed by atoms with E-state index >= 15 is 0 Å². The number of nitrogens with zero attached hydrogens (tertiary/aromatic N) is 1. The Bertz CT molecular complexity index is 603. The van der Waals surface area contributed by atoms with Gasteiger partial charge in [-0.25, -0.2) is 0 Å². The lowest BCUT2D eigenvalue weighted by Crippen LogP contribution is -2.27. The highest BCUT2D eigenvalue weighted by molar-refractivity contribution is 9.10. The zero-order valence-electron chi connectivity index (χ0n) is 11.0. The molecule has 1 aromatic carbocycles. The van der Waals surface area contributed by atoms with Crippen LogP contribution in [-0.4, -0.2) is 27.2 Å². The smallest absolute Gasteiger partial charge is 0.0758 e. The summed E-state index contributed by atoms with van der Waals surface area (Å²) in [7, 11) is -0.785. The van der Waals surface area contributed by atoms with Gasteiger partial charge in [-0.1, -0.05) is 28.1 Å². The molecule has 5 heteroatoms. The van der Waals surface area contributed by atoms with Crippen molar-refractivity contribution >= 4 is 37.6 Å². The highest BCUT2D eigenvalue weighted by Crippen LogP contribution is 2.25. The second-order valence-electron chi connectivity index (χ2n) is 4.55. The minimum absolute atomic E-state index is 0.162. The highest BCUT2D eigenvalue weighted by atomic mass is 79.9. The normalized spacial score (nSPS) is 14.5. The van der Waals surface area contributed by atoms with Crippen molar-refractivity contribution in [3.63, 3.8) is 0 Å². The molecular formula is C14H17BrN2OS. The van der Waals surface area contributed by atoms with Crippen LogP contribution in [0.25, 0.3) is 10.9 Å². The molecule has 0 saturated heterocycles. The van der Waals surface area contributed by atoms with Gasteiger partial charge in [0.25, 0.3) is 0 Å². The molecule has 3 nitrogen and oxygen atoms in total. The Hall–Kier alpha value is -0.780. The molecule has 0 radical (unpaired) electrons. The zero-order valence-corrected chi connectivity index (χ0v) is 13.4. The lowest BCUT2D eigenvalue weighted by molar-refractivity contribution is 0.648. The molecule has 19 heavy (non-hydrogen) atoms. The number of fused-ring (bicyclic) bond motifs is 1. The van der Waals surface area contributed by atoms with E-state index in [0.29, 0.717) is 0 Å². The molecular weight excluding hydrogens is 324 g/mol. The van der Waals surface area contributed by atoms with Crippen LogP contribution in [0.1, 0.15) is 12.5 Å². The Morgan fingerprint density at radius 3 is 2.95 bits per heavy atom. The van der Waals surface area contributed by atoms with Gasteiger partial charge < -0.3 is 5.32 Å². The topological polar surface area (TPSA) is 42.0 Å². The van der Waals surface area contributed by atoms with Gasteiger partial charge in [-0.05, 0) is 24.6 Å². The average Bonchev–Trinajstić information content (AvgIpc) is 2.41. The number of pyridine rings is 1. The molecule has 0 fully saturated rings. The summed E-state index contributed by atoms with van der Waals surface area (Å²) in [4.78, 5) is 4.44. The Morgan fingerprint density at radius 1 is 1.42 bits per heavy atom. The van der Waals surface area contributed by atoms with E-state index in [1.807, 2.05) is 25.3 Å². The fraction of sp³-hybridized carbons (Fsp3) is 0.357. The minimum Gasteiger partial charge on any atom is -0.311 e. The summed E-state index contributed by atoms with van der Waals surface area (Å²) in [5.41, 5.74) is 2.17. The summed E-state index contributed by atoms with van der Waals surface area (Å²) in [6, 6.07) is 8.11. The molecule has 0 amide bonds. The quantitative estimate of drug-likeness (QED) is 0.909. The Labute approximate surface area is 124 Å². The predicted octanol–water partition coefficient (Wildman–Crippen LogP) is 2.85. The largest absolute Gasteiger partial charge is 0.311 e. The van der Waals surface area contributed by atoms with Crippen molar-refractivity contribution in [2.24, 2.45) is 0 Å². The third kappa shape index (κ3) is 3.61. The van der Waals surface area contributed by atoms with Crippen molar-refractivity contribution in [1.29, 1.82) is 0 Å². The summed E-state index contributed by atoms with van der Waals surface area (Å²) >= 11 is 3.54. The van der Waals surface area contributed by atoms with Crippen molar-refractivity contribution in [1.82, 2.24) is 10.3 Å². The summed E-state index contributed by atoms with van der Waals surface area (Å²) in [6.07, 6.45) is 3.55. The van der Waals surface area contributed by atoms with Gasteiger partial charge in [0, 0.05) is 51.5 Å². The maximum atomic E-state index is 11.3. The first-order chi connectivity index (χ1) is 9.09. The second kappa shape index (κ2) is 6.59. The molecule has 2 atom stereocenters. The maximum absolute atomic E-state index is 11.3. The van der Waals surface area contributed by atoms with Crippen LogP contribution < -0.4 is 5.32 Å². The second-order valence-corrected chi connectivity index (χ2v) is 7.20. The van der Waals surface area contributed by atoms with Gasteiger partial charge in [-0.15, -0.1) is 0 Å². The maximum Gasteiger partial charge on any atom is 0.0758 e. The molecule has 0 unspecified atom stereocenters. The average molecular weight is 341 g/mol. The van der Waals surface area contributed by atoms with Crippen molar-refractivity contribution in [2.45, 2.75) is 18.7 Å². The summed E-state index contributed by atoms with van der Waals surface area (Å²) in [5, 5.41) is 4.63. The molecule has 2 aromatic rings. The van der Waals surface area contributed by atoms with Crippen molar-refractivity contribution in [3.8, 4) is 0 Å². The first kappa shape index (κ1) is 14.6. The third-order valence-corrected chi connectivity index (χ3v) is 5.11. The van der Waals surface area contributed by atoms with Crippen LogP contribution in [0.3, 0.4) is 0 Å². The van der Waals surface area contributed by atoms with Crippen LogP contribution in [0, 0.1) is 0 Å². The van der Waals surface area contributed by atoms with E-state index in [1.54, 1.807) is 6.26 Å². The standard InChI is InChI=1S/C14H17BrN2OS/c1-10(19(2)18)8-16-9-11-5-6-13(15)12-4-3-7-17-14(11)12/h3-7,10,16H,8-9H2,1-2H3/t10-,19+/m1/s1. The van der Waals surface area contributed by atoms with Gasteiger partial charge in [0.15, 0.2) is 0 Å². The lowest BCUT2D eigenvalue weighted by Gasteiger charge is -2.11. The third-order valence-electron chi connectivity index (χ3n) is 3.11. The fourth-order valence-electron chi connectivity index (χ4n) is 1.87. The highest BCUT2D eigenvalue weighted by Gasteiger charge is 2.08. The summed E-state index contributed by atoms with van der Waals surface area (Å²) in [6.45, 7) is 3.47. The van der Waals surface area contributed by atoms with E-state index in [0.717, 1.165) is 34.0 Å². The fourth-order valence-corrected chi connectivity index (χ4v) is 2.67. The Morgan fingerprint density at radius 2 is 2.21 bits per heavy atom. The van der Waals surface area contributed by atoms with Crippen LogP contribution in [-0.2, 0) is 17.3 Å². The van der Waals surface area contributed by atoms with Gasteiger partial charge >= 0.3 is 0 Å². The molecule has 1 heterocycles. The van der Waals surface area contributed by atoms with E-state index in [4.69, 9.17) is 0 Å². The number of aromatic nitrogens is 1. The molecule has 0 saturated carbocycles. The number of nitrogens with one attached hydrogen (secondary N) is 1. The van der Waals surface area contributed by atoms with Crippen molar-refractivity contribution < 1.29 is 4.21 Å². The molecule has 1 N–H and O–H groups in total. The minimum atomic E-state index is -0.785. The van der Waals surface area contributed by atoms with E-state index in [1.165, 1.54) is 0 Å².